The molecule has 0 saturated carbocycles. The number of aromatic nitrogens is 2. The number of fused-ring (bicyclic) bond motifs is 1. The van der Waals surface area contributed by atoms with Gasteiger partial charge in [-0.25, -0.2) is 14.8 Å². The molecule has 2 heterocycles. The van der Waals surface area contributed by atoms with Crippen LogP contribution in [0.1, 0.15) is 5.69 Å². The van der Waals surface area contributed by atoms with Crippen molar-refractivity contribution in [2.75, 3.05) is 31.1 Å². The van der Waals surface area contributed by atoms with E-state index in [1.165, 1.54) is 0 Å². The molecule has 0 spiro atoms. The first-order chi connectivity index (χ1) is 12.7. The van der Waals surface area contributed by atoms with Gasteiger partial charge in [0.1, 0.15) is 5.75 Å². The van der Waals surface area contributed by atoms with Gasteiger partial charge in [0.05, 0.1) is 16.7 Å². The summed E-state index contributed by atoms with van der Waals surface area (Å²) < 4.78 is 5.42. The molecule has 1 fully saturated rings. The first kappa shape index (κ1) is 16.3. The fraction of sp³-hybridized carbons (Fsp3) is 0.250. The molecule has 0 N–H and O–H groups in total. The summed E-state index contributed by atoms with van der Waals surface area (Å²) in [7, 11) is 0. The number of para-hydroxylation sites is 3. The lowest BCUT2D eigenvalue weighted by atomic mass is 10.2. The standard InChI is InChI=1S/C20H20N4O2/c1-15-19(22-18-10-6-5-9-17(18)21-15)23-11-13-24(14-12-23)20(25)26-16-7-3-2-4-8-16/h2-10H,11-14H2,1H3. The number of hydrogen-bond acceptors (Lipinski definition) is 5. The van der Waals surface area contributed by atoms with Gasteiger partial charge in [-0.3, -0.25) is 0 Å². The van der Waals surface area contributed by atoms with Crippen LogP contribution in [0.15, 0.2) is 54.6 Å². The number of carbonyl (C=O) groups excluding carboxylic acids is 1. The Labute approximate surface area is 152 Å². The van der Waals surface area contributed by atoms with Crippen molar-refractivity contribution >= 4 is 22.9 Å². The van der Waals surface area contributed by atoms with E-state index < -0.39 is 0 Å². The Bertz CT molecular complexity index is 922. The fourth-order valence-electron chi connectivity index (χ4n) is 3.13. The van der Waals surface area contributed by atoms with Gasteiger partial charge >= 0.3 is 6.09 Å². The molecule has 0 radical (unpaired) electrons. The minimum absolute atomic E-state index is 0.308. The molecule has 3 aromatic rings. The summed E-state index contributed by atoms with van der Waals surface area (Å²) in [6.07, 6.45) is -0.308. The number of benzene rings is 2. The van der Waals surface area contributed by atoms with Crippen molar-refractivity contribution in [1.82, 2.24) is 14.9 Å². The molecule has 6 nitrogen and oxygen atoms in total. The Balaban J connectivity index is 1.43. The van der Waals surface area contributed by atoms with E-state index in [1.807, 2.05) is 49.4 Å². The topological polar surface area (TPSA) is 58.6 Å². The highest BCUT2D eigenvalue weighted by Gasteiger charge is 2.24. The molecule has 1 aliphatic heterocycles. The van der Waals surface area contributed by atoms with E-state index in [9.17, 15) is 4.79 Å². The smallest absolute Gasteiger partial charge is 0.410 e. The van der Waals surface area contributed by atoms with Crippen LogP contribution in [0.5, 0.6) is 5.75 Å². The van der Waals surface area contributed by atoms with Crippen LogP contribution >= 0.6 is 0 Å². The van der Waals surface area contributed by atoms with Crippen LogP contribution in [0.4, 0.5) is 10.6 Å². The third-order valence-corrected chi connectivity index (χ3v) is 4.51. The lowest BCUT2D eigenvalue weighted by Gasteiger charge is -2.35. The average molecular weight is 348 g/mol. The van der Waals surface area contributed by atoms with Crippen molar-refractivity contribution in [2.45, 2.75) is 6.92 Å². The summed E-state index contributed by atoms with van der Waals surface area (Å²) in [5.74, 6) is 1.45. The maximum absolute atomic E-state index is 12.3. The van der Waals surface area contributed by atoms with Crippen molar-refractivity contribution in [3.63, 3.8) is 0 Å². The Morgan fingerprint density at radius 1 is 0.885 bits per heavy atom. The molecule has 4 rings (SSSR count). The van der Waals surface area contributed by atoms with Gasteiger partial charge in [0.2, 0.25) is 0 Å². The molecule has 1 amide bonds. The van der Waals surface area contributed by atoms with E-state index in [0.29, 0.717) is 31.9 Å². The van der Waals surface area contributed by atoms with Gasteiger partial charge in [-0.2, -0.15) is 0 Å². The number of amides is 1. The number of piperazine rings is 1. The van der Waals surface area contributed by atoms with Crippen LogP contribution < -0.4 is 9.64 Å². The maximum Gasteiger partial charge on any atom is 0.415 e. The molecule has 6 heteroatoms. The average Bonchev–Trinajstić information content (AvgIpc) is 2.68. The fourth-order valence-corrected chi connectivity index (χ4v) is 3.13. The van der Waals surface area contributed by atoms with Crippen molar-refractivity contribution < 1.29 is 9.53 Å². The number of ether oxygens (including phenoxy) is 1. The Kier molecular flexibility index (Phi) is 4.39. The minimum atomic E-state index is -0.308. The summed E-state index contributed by atoms with van der Waals surface area (Å²) in [6.45, 7) is 4.58. The van der Waals surface area contributed by atoms with Gasteiger partial charge in [0.15, 0.2) is 5.82 Å². The third-order valence-electron chi connectivity index (χ3n) is 4.51. The van der Waals surface area contributed by atoms with Crippen LogP contribution in [0.3, 0.4) is 0 Å². The second kappa shape index (κ2) is 7.00. The number of carbonyl (C=O) groups is 1. The van der Waals surface area contributed by atoms with Gasteiger partial charge in [-0.15, -0.1) is 0 Å². The number of nitrogens with zero attached hydrogens (tertiary/aromatic N) is 4. The SMILES string of the molecule is Cc1nc2ccccc2nc1N1CCN(C(=O)Oc2ccccc2)CC1. The summed E-state index contributed by atoms with van der Waals surface area (Å²) in [5.41, 5.74) is 2.70. The largest absolute Gasteiger partial charge is 0.415 e. The maximum atomic E-state index is 12.3. The lowest BCUT2D eigenvalue weighted by molar-refractivity contribution is 0.149. The van der Waals surface area contributed by atoms with Crippen molar-refractivity contribution in [3.05, 3.63) is 60.3 Å². The van der Waals surface area contributed by atoms with Crippen LogP contribution in [-0.2, 0) is 0 Å². The van der Waals surface area contributed by atoms with Gasteiger partial charge < -0.3 is 14.5 Å². The Morgan fingerprint density at radius 3 is 2.19 bits per heavy atom. The monoisotopic (exact) mass is 348 g/mol. The van der Waals surface area contributed by atoms with Crippen molar-refractivity contribution in [1.29, 1.82) is 0 Å². The van der Waals surface area contributed by atoms with E-state index in [4.69, 9.17) is 9.72 Å². The first-order valence-electron chi connectivity index (χ1n) is 8.71. The molecular weight excluding hydrogens is 328 g/mol. The van der Waals surface area contributed by atoms with Crippen LogP contribution in [0.25, 0.3) is 11.0 Å². The first-order valence-corrected chi connectivity index (χ1v) is 8.71. The van der Waals surface area contributed by atoms with E-state index in [0.717, 1.165) is 22.5 Å². The Morgan fingerprint density at radius 2 is 1.50 bits per heavy atom. The Hall–Kier alpha value is -3.15. The normalized spacial score (nSPS) is 14.5. The highest BCUT2D eigenvalue weighted by molar-refractivity contribution is 5.76. The molecule has 0 aliphatic carbocycles. The number of hydrogen-bond donors (Lipinski definition) is 0. The van der Waals surface area contributed by atoms with Crippen molar-refractivity contribution in [3.8, 4) is 5.75 Å². The highest BCUT2D eigenvalue weighted by Crippen LogP contribution is 2.21. The van der Waals surface area contributed by atoms with Gasteiger partial charge in [0.25, 0.3) is 0 Å². The van der Waals surface area contributed by atoms with E-state index in [1.54, 1.807) is 17.0 Å². The van der Waals surface area contributed by atoms with Crippen LogP contribution in [-0.4, -0.2) is 47.1 Å². The highest BCUT2D eigenvalue weighted by atomic mass is 16.6. The number of anilines is 1. The molecule has 1 saturated heterocycles. The molecule has 26 heavy (non-hydrogen) atoms. The second-order valence-electron chi connectivity index (χ2n) is 6.28. The molecule has 1 aliphatic rings. The molecule has 0 bridgehead atoms. The van der Waals surface area contributed by atoms with E-state index in [-0.39, 0.29) is 6.09 Å². The molecule has 132 valence electrons. The zero-order valence-electron chi connectivity index (χ0n) is 14.6. The number of rotatable bonds is 2. The summed E-state index contributed by atoms with van der Waals surface area (Å²) in [6, 6.07) is 17.0. The predicted molar refractivity (Wildman–Crippen MR) is 101 cm³/mol. The third kappa shape index (κ3) is 3.31. The molecule has 0 atom stereocenters. The van der Waals surface area contributed by atoms with Gasteiger partial charge in [0, 0.05) is 26.2 Å². The van der Waals surface area contributed by atoms with E-state index in [2.05, 4.69) is 9.88 Å². The van der Waals surface area contributed by atoms with Crippen LogP contribution in [0.2, 0.25) is 0 Å². The molecule has 0 unspecified atom stereocenters. The molecule has 2 aromatic carbocycles. The second-order valence-corrected chi connectivity index (χ2v) is 6.28. The van der Waals surface area contributed by atoms with Crippen LogP contribution in [0, 0.1) is 6.92 Å². The van der Waals surface area contributed by atoms with Crippen molar-refractivity contribution in [2.24, 2.45) is 0 Å². The summed E-state index contributed by atoms with van der Waals surface area (Å²) in [4.78, 5) is 25.6. The predicted octanol–water partition coefficient (Wildman–Crippen LogP) is 3.26. The van der Waals surface area contributed by atoms with Gasteiger partial charge in [-0.05, 0) is 31.2 Å². The quantitative estimate of drug-likeness (QED) is 0.711. The van der Waals surface area contributed by atoms with E-state index >= 15 is 0 Å². The lowest BCUT2D eigenvalue weighted by Crippen LogP contribution is -2.50. The number of aryl methyl sites for hydroxylation is 1. The van der Waals surface area contributed by atoms with Gasteiger partial charge in [-0.1, -0.05) is 30.3 Å². The molecular formula is C20H20N4O2. The summed E-state index contributed by atoms with van der Waals surface area (Å²) in [5, 5.41) is 0. The molecule has 1 aromatic heterocycles. The summed E-state index contributed by atoms with van der Waals surface area (Å²) >= 11 is 0. The zero-order valence-corrected chi connectivity index (χ0v) is 14.6. The zero-order chi connectivity index (χ0) is 17.9. The minimum Gasteiger partial charge on any atom is -0.410 e.